The van der Waals surface area contributed by atoms with E-state index in [1.165, 1.54) is 17.4 Å². The van der Waals surface area contributed by atoms with E-state index in [-0.39, 0.29) is 18.2 Å². The van der Waals surface area contributed by atoms with Crippen LogP contribution in [0.15, 0.2) is 60.7 Å². The third-order valence-corrected chi connectivity index (χ3v) is 8.11. The first-order valence-electron chi connectivity index (χ1n) is 12.4. The number of hydrogen-bond acceptors (Lipinski definition) is 4. The van der Waals surface area contributed by atoms with Gasteiger partial charge in [0.15, 0.2) is 0 Å². The second kappa shape index (κ2) is 11.1. The number of nitrogens with one attached hydrogen (secondary N) is 1. The minimum atomic E-state index is -3.28. The molecule has 1 saturated carbocycles. The van der Waals surface area contributed by atoms with Crippen molar-refractivity contribution in [3.05, 3.63) is 71.8 Å². The van der Waals surface area contributed by atoms with Crippen molar-refractivity contribution in [2.24, 2.45) is 0 Å². The summed E-state index contributed by atoms with van der Waals surface area (Å²) in [5.74, 6) is 0.622. The standard InChI is InChI=1S/C27H38N2O3S/c1-3-24-18-26(28-33(2,30)31)27(29(24)19-21-10-6-4-7-11-21)20-32-25-16-14-23(15-17-25)22-12-8-5-9-13-22/h4-13,23-28H,3,14-20H2,1-2H3/t23?,24?,25?,26?,27-/m0/s1. The summed E-state index contributed by atoms with van der Waals surface area (Å²) in [7, 11) is -3.28. The largest absolute Gasteiger partial charge is 0.377 e. The maximum Gasteiger partial charge on any atom is 0.209 e. The van der Waals surface area contributed by atoms with Crippen molar-refractivity contribution in [3.8, 4) is 0 Å². The predicted octanol–water partition coefficient (Wildman–Crippen LogP) is 4.70. The Morgan fingerprint density at radius 3 is 2.21 bits per heavy atom. The SMILES string of the molecule is CCC1CC(NS(C)(=O)=O)[C@H](COC2CCC(c3ccccc3)CC2)N1Cc1ccccc1. The summed E-state index contributed by atoms with van der Waals surface area (Å²) in [6, 6.07) is 21.5. The lowest BCUT2D eigenvalue weighted by Crippen LogP contribution is -2.48. The highest BCUT2D eigenvalue weighted by Crippen LogP contribution is 2.35. The first-order chi connectivity index (χ1) is 15.9. The van der Waals surface area contributed by atoms with Crippen molar-refractivity contribution in [3.63, 3.8) is 0 Å². The molecule has 2 aromatic carbocycles. The zero-order valence-corrected chi connectivity index (χ0v) is 20.7. The van der Waals surface area contributed by atoms with E-state index in [1.807, 2.05) is 6.07 Å². The topological polar surface area (TPSA) is 58.6 Å². The molecule has 0 radical (unpaired) electrons. The lowest BCUT2D eigenvalue weighted by atomic mass is 9.83. The number of hydrogen-bond donors (Lipinski definition) is 1. The maximum atomic E-state index is 12.1. The van der Waals surface area contributed by atoms with Gasteiger partial charge in [-0.05, 0) is 55.6 Å². The highest BCUT2D eigenvalue weighted by molar-refractivity contribution is 7.88. The molecule has 2 aliphatic rings. The van der Waals surface area contributed by atoms with Crippen molar-refractivity contribution in [1.29, 1.82) is 0 Å². The van der Waals surface area contributed by atoms with Crippen LogP contribution < -0.4 is 4.72 Å². The maximum absolute atomic E-state index is 12.1. The summed E-state index contributed by atoms with van der Waals surface area (Å²) < 4.78 is 33.6. The first kappa shape index (κ1) is 24.4. The molecule has 0 aromatic heterocycles. The fourth-order valence-electron chi connectivity index (χ4n) is 5.67. The van der Waals surface area contributed by atoms with Crippen molar-refractivity contribution in [2.45, 2.75) is 82.1 Å². The average Bonchev–Trinajstić information content (AvgIpc) is 3.13. The molecule has 6 heteroatoms. The van der Waals surface area contributed by atoms with E-state index in [0.29, 0.717) is 18.6 Å². The van der Waals surface area contributed by atoms with Gasteiger partial charge in [0.1, 0.15) is 0 Å². The molecule has 1 aliphatic heterocycles. The summed E-state index contributed by atoms with van der Waals surface area (Å²) in [5.41, 5.74) is 2.69. The molecule has 5 nitrogen and oxygen atoms in total. The van der Waals surface area contributed by atoms with Crippen molar-refractivity contribution >= 4 is 10.0 Å². The fourth-order valence-corrected chi connectivity index (χ4v) is 6.47. The normalized spacial score (nSPS) is 28.7. The molecule has 0 spiro atoms. The Labute approximate surface area is 199 Å². The number of rotatable bonds is 9. The molecule has 2 aromatic rings. The summed E-state index contributed by atoms with van der Waals surface area (Å²) in [6.45, 7) is 3.57. The molecule has 1 heterocycles. The van der Waals surface area contributed by atoms with E-state index in [9.17, 15) is 8.42 Å². The molecule has 33 heavy (non-hydrogen) atoms. The Morgan fingerprint density at radius 1 is 0.970 bits per heavy atom. The van der Waals surface area contributed by atoms with E-state index in [2.05, 4.69) is 71.1 Å². The van der Waals surface area contributed by atoms with Gasteiger partial charge in [-0.15, -0.1) is 0 Å². The quantitative estimate of drug-likeness (QED) is 0.577. The lowest BCUT2D eigenvalue weighted by Gasteiger charge is -2.34. The summed E-state index contributed by atoms with van der Waals surface area (Å²) in [6.07, 6.45) is 7.75. The summed E-state index contributed by atoms with van der Waals surface area (Å²) >= 11 is 0. The lowest BCUT2D eigenvalue weighted by molar-refractivity contribution is -0.0124. The van der Waals surface area contributed by atoms with Crippen molar-refractivity contribution in [2.75, 3.05) is 12.9 Å². The molecule has 2 unspecified atom stereocenters. The highest BCUT2D eigenvalue weighted by Gasteiger charge is 2.42. The van der Waals surface area contributed by atoms with Gasteiger partial charge in [-0.3, -0.25) is 4.90 Å². The molecule has 1 saturated heterocycles. The van der Waals surface area contributed by atoms with E-state index in [0.717, 1.165) is 45.1 Å². The van der Waals surface area contributed by atoms with Gasteiger partial charge in [-0.25, -0.2) is 13.1 Å². The molecular formula is C27H38N2O3S. The summed E-state index contributed by atoms with van der Waals surface area (Å²) in [5, 5.41) is 0. The van der Waals surface area contributed by atoms with Gasteiger partial charge in [0.25, 0.3) is 0 Å². The van der Waals surface area contributed by atoms with Gasteiger partial charge in [0, 0.05) is 18.6 Å². The fraction of sp³-hybridized carbons (Fsp3) is 0.556. The number of benzene rings is 2. The Balaban J connectivity index is 1.41. The second-order valence-corrected chi connectivity index (χ2v) is 11.5. The number of nitrogens with zero attached hydrogens (tertiary/aromatic N) is 1. The van der Waals surface area contributed by atoms with E-state index < -0.39 is 10.0 Å². The van der Waals surface area contributed by atoms with Gasteiger partial charge in [-0.1, -0.05) is 67.6 Å². The zero-order chi connectivity index (χ0) is 23.3. The summed E-state index contributed by atoms with van der Waals surface area (Å²) in [4.78, 5) is 2.47. The molecule has 2 fully saturated rings. The minimum absolute atomic E-state index is 0.0386. The minimum Gasteiger partial charge on any atom is -0.377 e. The number of likely N-dealkylation sites (tertiary alicyclic amines) is 1. The Morgan fingerprint density at radius 2 is 1.61 bits per heavy atom. The van der Waals surface area contributed by atoms with Crippen LogP contribution in [0.3, 0.4) is 0 Å². The zero-order valence-electron chi connectivity index (χ0n) is 19.9. The Kier molecular flexibility index (Phi) is 8.23. The average molecular weight is 471 g/mol. The van der Waals surface area contributed by atoms with Gasteiger partial charge in [-0.2, -0.15) is 0 Å². The Bertz CT molecular complexity index is 959. The predicted molar refractivity (Wildman–Crippen MR) is 134 cm³/mol. The van der Waals surface area contributed by atoms with Crippen LogP contribution >= 0.6 is 0 Å². The third kappa shape index (κ3) is 6.66. The van der Waals surface area contributed by atoms with Crippen LogP contribution in [0.2, 0.25) is 0 Å². The monoisotopic (exact) mass is 470 g/mol. The van der Waals surface area contributed by atoms with Crippen LogP contribution in [-0.2, 0) is 21.3 Å². The van der Waals surface area contributed by atoms with E-state index in [1.54, 1.807) is 0 Å². The van der Waals surface area contributed by atoms with Crippen LogP contribution in [0.25, 0.3) is 0 Å². The van der Waals surface area contributed by atoms with E-state index >= 15 is 0 Å². The van der Waals surface area contributed by atoms with Crippen LogP contribution in [0, 0.1) is 0 Å². The van der Waals surface area contributed by atoms with Gasteiger partial charge in [0.05, 0.1) is 25.0 Å². The van der Waals surface area contributed by atoms with Gasteiger partial charge >= 0.3 is 0 Å². The Hall–Kier alpha value is -1.73. The van der Waals surface area contributed by atoms with Crippen molar-refractivity contribution in [1.82, 2.24) is 9.62 Å². The molecule has 1 N–H and O–H groups in total. The molecule has 180 valence electrons. The molecule has 4 rings (SSSR count). The molecule has 0 bridgehead atoms. The molecular weight excluding hydrogens is 432 g/mol. The number of sulfonamides is 1. The van der Waals surface area contributed by atoms with Gasteiger partial charge in [0.2, 0.25) is 10.0 Å². The third-order valence-electron chi connectivity index (χ3n) is 7.38. The second-order valence-electron chi connectivity index (χ2n) is 9.74. The highest BCUT2D eigenvalue weighted by atomic mass is 32.2. The van der Waals surface area contributed by atoms with Gasteiger partial charge < -0.3 is 4.74 Å². The molecule has 0 amide bonds. The van der Waals surface area contributed by atoms with Crippen LogP contribution in [0.1, 0.15) is 62.5 Å². The first-order valence-corrected chi connectivity index (χ1v) is 14.3. The van der Waals surface area contributed by atoms with Crippen LogP contribution in [0.5, 0.6) is 0 Å². The smallest absolute Gasteiger partial charge is 0.209 e. The van der Waals surface area contributed by atoms with E-state index in [4.69, 9.17) is 4.74 Å². The van der Waals surface area contributed by atoms with Crippen LogP contribution in [-0.4, -0.2) is 50.4 Å². The molecule has 3 atom stereocenters. The van der Waals surface area contributed by atoms with Crippen LogP contribution in [0.4, 0.5) is 0 Å². The van der Waals surface area contributed by atoms with Crippen molar-refractivity contribution < 1.29 is 13.2 Å². The molecule has 1 aliphatic carbocycles. The number of ether oxygens (including phenoxy) is 1.